The number of amides is 4. The number of ether oxygens (including phenoxy) is 1. The lowest BCUT2D eigenvalue weighted by Crippen LogP contribution is -2.42. The Bertz CT molecular complexity index is 944. The van der Waals surface area contributed by atoms with Crippen molar-refractivity contribution >= 4 is 29.5 Å². The number of carbonyl (C=O) groups is 4. The van der Waals surface area contributed by atoms with Gasteiger partial charge in [0, 0.05) is 5.69 Å². The molecule has 2 aromatic rings. The third kappa shape index (κ3) is 3.57. The van der Waals surface area contributed by atoms with E-state index in [1.165, 1.54) is 13.2 Å². The molecule has 0 spiro atoms. The van der Waals surface area contributed by atoms with Crippen molar-refractivity contribution < 1.29 is 23.9 Å². The molecule has 1 aliphatic rings. The van der Waals surface area contributed by atoms with Gasteiger partial charge in [-0.15, -0.1) is 0 Å². The van der Waals surface area contributed by atoms with E-state index in [1.54, 1.807) is 49.4 Å². The quantitative estimate of drug-likeness (QED) is 0.608. The maximum absolute atomic E-state index is 12.8. The molecule has 144 valence electrons. The van der Waals surface area contributed by atoms with Crippen molar-refractivity contribution in [3.63, 3.8) is 0 Å². The van der Waals surface area contributed by atoms with Gasteiger partial charge in [0.1, 0.15) is 12.1 Å². The standard InChI is InChI=1S/C20H19N3O5/c1-20(14-8-4-3-5-9-14)18(26)23(19(27)22-20)12-16(24)21-15-10-6-7-13(11-15)17(25)28-2/h3-11H,12H2,1-2H3,(H,21,24)(H,22,27)/t20-/m0/s1. The van der Waals surface area contributed by atoms with Gasteiger partial charge < -0.3 is 15.4 Å². The summed E-state index contributed by atoms with van der Waals surface area (Å²) in [5.74, 6) is -1.62. The Hall–Kier alpha value is -3.68. The molecule has 28 heavy (non-hydrogen) atoms. The molecule has 1 atom stereocenters. The molecule has 1 saturated heterocycles. The lowest BCUT2D eigenvalue weighted by molar-refractivity contribution is -0.133. The van der Waals surface area contributed by atoms with E-state index in [-0.39, 0.29) is 5.56 Å². The molecule has 0 aromatic heterocycles. The lowest BCUT2D eigenvalue weighted by atomic mass is 9.92. The molecular formula is C20H19N3O5. The van der Waals surface area contributed by atoms with E-state index < -0.39 is 35.9 Å². The van der Waals surface area contributed by atoms with Gasteiger partial charge in [0.15, 0.2) is 0 Å². The minimum absolute atomic E-state index is 0.270. The van der Waals surface area contributed by atoms with Crippen LogP contribution in [0.4, 0.5) is 10.5 Å². The van der Waals surface area contributed by atoms with E-state index in [2.05, 4.69) is 15.4 Å². The summed E-state index contributed by atoms with van der Waals surface area (Å²) >= 11 is 0. The highest BCUT2D eigenvalue weighted by Crippen LogP contribution is 2.28. The average molecular weight is 381 g/mol. The monoisotopic (exact) mass is 381 g/mol. The van der Waals surface area contributed by atoms with Crippen LogP contribution in [0, 0.1) is 0 Å². The molecule has 2 N–H and O–H groups in total. The zero-order chi connectivity index (χ0) is 20.3. The molecule has 3 rings (SSSR count). The second-order valence-corrected chi connectivity index (χ2v) is 6.43. The molecule has 0 unspecified atom stereocenters. The van der Waals surface area contributed by atoms with Gasteiger partial charge in [-0.3, -0.25) is 14.5 Å². The van der Waals surface area contributed by atoms with Crippen LogP contribution in [0.2, 0.25) is 0 Å². The maximum atomic E-state index is 12.8. The van der Waals surface area contributed by atoms with Crippen LogP contribution in [-0.4, -0.2) is 42.4 Å². The number of benzene rings is 2. The number of hydrogen-bond donors (Lipinski definition) is 2. The first-order valence-electron chi connectivity index (χ1n) is 8.53. The summed E-state index contributed by atoms with van der Waals surface area (Å²) in [6, 6.07) is 14.3. The number of nitrogens with one attached hydrogen (secondary N) is 2. The first-order valence-corrected chi connectivity index (χ1v) is 8.53. The van der Waals surface area contributed by atoms with Crippen molar-refractivity contribution in [2.75, 3.05) is 19.0 Å². The van der Waals surface area contributed by atoms with E-state index in [9.17, 15) is 19.2 Å². The molecule has 1 aliphatic heterocycles. The molecule has 0 bridgehead atoms. The van der Waals surface area contributed by atoms with E-state index >= 15 is 0 Å². The summed E-state index contributed by atoms with van der Waals surface area (Å²) in [6.45, 7) is 1.15. The van der Waals surface area contributed by atoms with Gasteiger partial charge in [-0.25, -0.2) is 9.59 Å². The Balaban J connectivity index is 1.72. The number of rotatable bonds is 5. The van der Waals surface area contributed by atoms with Crippen molar-refractivity contribution in [2.24, 2.45) is 0 Å². The highest BCUT2D eigenvalue weighted by molar-refractivity contribution is 6.10. The highest BCUT2D eigenvalue weighted by Gasteiger charge is 2.49. The zero-order valence-electron chi connectivity index (χ0n) is 15.4. The van der Waals surface area contributed by atoms with Gasteiger partial charge in [0.25, 0.3) is 5.91 Å². The van der Waals surface area contributed by atoms with Crippen LogP contribution in [0.1, 0.15) is 22.8 Å². The first-order chi connectivity index (χ1) is 13.3. The summed E-state index contributed by atoms with van der Waals surface area (Å²) in [5, 5.41) is 5.22. The van der Waals surface area contributed by atoms with Crippen LogP contribution < -0.4 is 10.6 Å². The second-order valence-electron chi connectivity index (χ2n) is 6.43. The van der Waals surface area contributed by atoms with E-state index in [0.717, 1.165) is 4.90 Å². The normalized spacial score (nSPS) is 18.6. The first kappa shape index (κ1) is 19.1. The van der Waals surface area contributed by atoms with Crippen LogP contribution >= 0.6 is 0 Å². The Kier molecular flexibility index (Phi) is 5.12. The van der Waals surface area contributed by atoms with Gasteiger partial charge in [0.05, 0.1) is 12.7 Å². The molecule has 2 aromatic carbocycles. The van der Waals surface area contributed by atoms with Crippen molar-refractivity contribution in [3.05, 3.63) is 65.7 Å². The highest BCUT2D eigenvalue weighted by atomic mass is 16.5. The van der Waals surface area contributed by atoms with Crippen LogP contribution in [-0.2, 0) is 19.9 Å². The number of methoxy groups -OCH3 is 1. The molecule has 8 heteroatoms. The molecule has 4 amide bonds. The van der Waals surface area contributed by atoms with Crippen molar-refractivity contribution in [1.29, 1.82) is 0 Å². The summed E-state index contributed by atoms with van der Waals surface area (Å²) in [7, 11) is 1.26. The predicted molar refractivity (Wildman–Crippen MR) is 100 cm³/mol. The molecule has 1 heterocycles. The second kappa shape index (κ2) is 7.51. The van der Waals surface area contributed by atoms with E-state index in [4.69, 9.17) is 0 Å². The number of urea groups is 1. The Morgan fingerprint density at radius 2 is 1.82 bits per heavy atom. The Morgan fingerprint density at radius 1 is 1.11 bits per heavy atom. The molecule has 1 fully saturated rings. The molecule has 0 saturated carbocycles. The number of imide groups is 1. The smallest absolute Gasteiger partial charge is 0.337 e. The van der Waals surface area contributed by atoms with E-state index in [0.29, 0.717) is 11.3 Å². The number of esters is 1. The number of hydrogen-bond acceptors (Lipinski definition) is 5. The topological polar surface area (TPSA) is 105 Å². The summed E-state index contributed by atoms with van der Waals surface area (Å²) < 4.78 is 4.64. The SMILES string of the molecule is COC(=O)c1cccc(NC(=O)CN2C(=O)N[C@@](C)(c3ccccc3)C2=O)c1. The minimum atomic E-state index is -1.23. The summed E-state index contributed by atoms with van der Waals surface area (Å²) in [6.07, 6.45) is 0. The van der Waals surface area contributed by atoms with Crippen molar-refractivity contribution in [3.8, 4) is 0 Å². The zero-order valence-corrected chi connectivity index (χ0v) is 15.4. The van der Waals surface area contributed by atoms with Gasteiger partial charge in [-0.05, 0) is 30.7 Å². The van der Waals surface area contributed by atoms with Gasteiger partial charge >= 0.3 is 12.0 Å². The van der Waals surface area contributed by atoms with Crippen LogP contribution in [0.5, 0.6) is 0 Å². The van der Waals surface area contributed by atoms with E-state index in [1.807, 2.05) is 6.07 Å². The average Bonchev–Trinajstić information content (AvgIpc) is 2.92. The van der Waals surface area contributed by atoms with Crippen molar-refractivity contribution in [2.45, 2.75) is 12.5 Å². The fourth-order valence-corrected chi connectivity index (χ4v) is 2.99. The summed E-state index contributed by atoms with van der Waals surface area (Å²) in [4.78, 5) is 49.9. The fourth-order valence-electron chi connectivity index (χ4n) is 2.99. The fraction of sp³-hybridized carbons (Fsp3) is 0.200. The third-order valence-electron chi connectivity index (χ3n) is 4.50. The Morgan fingerprint density at radius 3 is 2.50 bits per heavy atom. The van der Waals surface area contributed by atoms with Crippen LogP contribution in [0.3, 0.4) is 0 Å². The number of anilines is 1. The molecule has 0 radical (unpaired) electrons. The third-order valence-corrected chi connectivity index (χ3v) is 4.50. The molecule has 0 aliphatic carbocycles. The summed E-state index contributed by atoms with van der Waals surface area (Å²) in [5.41, 5.74) is 0.0171. The maximum Gasteiger partial charge on any atom is 0.337 e. The number of nitrogens with zero attached hydrogens (tertiary/aromatic N) is 1. The van der Waals surface area contributed by atoms with Gasteiger partial charge in [-0.1, -0.05) is 36.4 Å². The van der Waals surface area contributed by atoms with Gasteiger partial charge in [-0.2, -0.15) is 0 Å². The van der Waals surface area contributed by atoms with Gasteiger partial charge in [0.2, 0.25) is 5.91 Å². The molecule has 8 nitrogen and oxygen atoms in total. The lowest BCUT2D eigenvalue weighted by Gasteiger charge is -2.22. The van der Waals surface area contributed by atoms with Crippen molar-refractivity contribution in [1.82, 2.24) is 10.2 Å². The minimum Gasteiger partial charge on any atom is -0.465 e. The predicted octanol–water partition coefficient (Wildman–Crippen LogP) is 1.88. The van der Waals surface area contributed by atoms with Crippen LogP contribution in [0.15, 0.2) is 54.6 Å². The largest absolute Gasteiger partial charge is 0.465 e. The Labute approximate surface area is 161 Å². The number of carbonyl (C=O) groups excluding carboxylic acids is 4. The van der Waals surface area contributed by atoms with Crippen LogP contribution in [0.25, 0.3) is 0 Å². The molecular weight excluding hydrogens is 362 g/mol.